The average Bonchev–Trinajstić information content (AvgIpc) is 3.20. The Kier molecular flexibility index (Phi) is 6.51. The quantitative estimate of drug-likeness (QED) is 0.430. The van der Waals surface area contributed by atoms with Crippen molar-refractivity contribution in [3.63, 3.8) is 0 Å². The lowest BCUT2D eigenvalue weighted by Crippen LogP contribution is -2.12. The molecule has 8 heteroatoms. The van der Waals surface area contributed by atoms with Gasteiger partial charge in [-0.2, -0.15) is 5.10 Å². The molecule has 0 atom stereocenters. The molecular formula is C24H25N5O3. The fourth-order valence-corrected chi connectivity index (χ4v) is 3.81. The van der Waals surface area contributed by atoms with Gasteiger partial charge in [0.1, 0.15) is 0 Å². The van der Waals surface area contributed by atoms with Crippen molar-refractivity contribution in [1.29, 1.82) is 0 Å². The second-order valence-corrected chi connectivity index (χ2v) is 7.61. The predicted octanol–water partition coefficient (Wildman–Crippen LogP) is 3.79. The predicted molar refractivity (Wildman–Crippen MR) is 119 cm³/mol. The van der Waals surface area contributed by atoms with Gasteiger partial charge in [0.05, 0.1) is 36.3 Å². The Morgan fingerprint density at radius 3 is 2.72 bits per heavy atom. The molecule has 4 aromatic rings. The first-order valence-corrected chi connectivity index (χ1v) is 10.6. The molecule has 32 heavy (non-hydrogen) atoms. The number of rotatable bonds is 9. The first kappa shape index (κ1) is 21.6. The molecule has 0 amide bonds. The van der Waals surface area contributed by atoms with Crippen LogP contribution in [0, 0.1) is 6.92 Å². The van der Waals surface area contributed by atoms with Crippen LogP contribution in [0.15, 0.2) is 49.2 Å². The molecule has 8 nitrogen and oxygen atoms in total. The first-order chi connectivity index (χ1) is 15.6. The van der Waals surface area contributed by atoms with Gasteiger partial charge < -0.3 is 9.84 Å². The van der Waals surface area contributed by atoms with Gasteiger partial charge in [-0.1, -0.05) is 6.92 Å². The molecule has 0 radical (unpaired) electrons. The summed E-state index contributed by atoms with van der Waals surface area (Å²) in [5.41, 5.74) is 7.23. The van der Waals surface area contributed by atoms with Crippen molar-refractivity contribution < 1.29 is 14.6 Å². The second kappa shape index (κ2) is 9.65. The summed E-state index contributed by atoms with van der Waals surface area (Å²) in [6, 6.07) is 6.16. The van der Waals surface area contributed by atoms with Gasteiger partial charge in [0.15, 0.2) is 0 Å². The van der Waals surface area contributed by atoms with Crippen molar-refractivity contribution in [3.8, 4) is 11.1 Å². The maximum absolute atomic E-state index is 11.4. The number of ether oxygens (including phenoxy) is 1. The maximum atomic E-state index is 11.4. The summed E-state index contributed by atoms with van der Waals surface area (Å²) >= 11 is 0. The summed E-state index contributed by atoms with van der Waals surface area (Å²) in [6.45, 7) is 4.60. The number of hydrogen-bond acceptors (Lipinski definition) is 6. The van der Waals surface area contributed by atoms with Crippen LogP contribution in [0.3, 0.4) is 0 Å². The molecule has 0 aliphatic heterocycles. The number of fused-ring (bicyclic) bond motifs is 1. The molecule has 0 fully saturated rings. The van der Waals surface area contributed by atoms with Gasteiger partial charge in [0.25, 0.3) is 0 Å². The molecule has 4 rings (SSSR count). The molecule has 4 aromatic heterocycles. The summed E-state index contributed by atoms with van der Waals surface area (Å²) in [6.07, 6.45) is 9.69. The van der Waals surface area contributed by atoms with Gasteiger partial charge in [0, 0.05) is 48.0 Å². The van der Waals surface area contributed by atoms with Gasteiger partial charge in [-0.25, -0.2) is 4.52 Å². The van der Waals surface area contributed by atoms with Crippen LogP contribution in [-0.4, -0.2) is 35.6 Å². The number of aliphatic carboxylic acids is 1. The zero-order valence-corrected chi connectivity index (χ0v) is 18.2. The number of carboxylic acid groups (broad SMARTS) is 1. The van der Waals surface area contributed by atoms with E-state index < -0.39 is 5.97 Å². The zero-order chi connectivity index (χ0) is 22.5. The van der Waals surface area contributed by atoms with Crippen molar-refractivity contribution in [3.05, 3.63) is 77.4 Å². The Bertz CT molecular complexity index is 1240. The summed E-state index contributed by atoms with van der Waals surface area (Å²) in [7, 11) is 0. The van der Waals surface area contributed by atoms with E-state index in [0.717, 1.165) is 45.6 Å². The first-order valence-electron chi connectivity index (χ1n) is 10.6. The van der Waals surface area contributed by atoms with E-state index in [0.29, 0.717) is 18.7 Å². The number of aromatic nitrogens is 5. The number of hydrogen-bond donors (Lipinski definition) is 1. The summed E-state index contributed by atoms with van der Waals surface area (Å²) < 4.78 is 7.86. The SMILES string of the molecule is CCc1ccc2c(-c3cncc(C)c3)c(CCC(=O)O)c(COCc3cnccn3)nn12. The molecule has 164 valence electrons. The molecule has 0 unspecified atom stereocenters. The summed E-state index contributed by atoms with van der Waals surface area (Å²) in [5.74, 6) is -0.853. The standard InChI is InChI=1S/C24H25N5O3/c1-3-19-4-6-22-24(17-10-16(2)11-26-12-17)20(5-7-23(30)31)21(28-29(19)22)15-32-14-18-13-25-8-9-27-18/h4,6,8-13H,3,5,7,14-15H2,1-2H3,(H,30,31). The van der Waals surface area contributed by atoms with Crippen LogP contribution >= 0.6 is 0 Å². The normalized spacial score (nSPS) is 11.2. The lowest BCUT2D eigenvalue weighted by Gasteiger charge is -2.17. The highest BCUT2D eigenvalue weighted by molar-refractivity contribution is 5.84. The highest BCUT2D eigenvalue weighted by Crippen LogP contribution is 2.33. The third-order valence-corrected chi connectivity index (χ3v) is 5.28. The van der Waals surface area contributed by atoms with Crippen LogP contribution in [0.2, 0.25) is 0 Å². The fraction of sp³-hybridized carbons (Fsp3) is 0.292. The highest BCUT2D eigenvalue weighted by Gasteiger charge is 2.20. The van der Waals surface area contributed by atoms with E-state index in [1.165, 1.54) is 0 Å². The molecule has 0 saturated carbocycles. The minimum atomic E-state index is -0.853. The van der Waals surface area contributed by atoms with E-state index >= 15 is 0 Å². The maximum Gasteiger partial charge on any atom is 0.303 e. The van der Waals surface area contributed by atoms with Crippen LogP contribution in [0.25, 0.3) is 16.6 Å². The molecule has 0 aromatic carbocycles. The number of aryl methyl sites for hydroxylation is 2. The molecule has 0 aliphatic carbocycles. The van der Waals surface area contributed by atoms with Crippen molar-refractivity contribution >= 4 is 11.5 Å². The summed E-state index contributed by atoms with van der Waals surface area (Å²) in [4.78, 5) is 24.1. The van der Waals surface area contributed by atoms with Crippen molar-refractivity contribution in [2.75, 3.05) is 0 Å². The van der Waals surface area contributed by atoms with E-state index in [2.05, 4.69) is 34.0 Å². The van der Waals surface area contributed by atoms with E-state index in [1.54, 1.807) is 24.8 Å². The number of pyridine rings is 1. The van der Waals surface area contributed by atoms with E-state index in [9.17, 15) is 9.90 Å². The smallest absolute Gasteiger partial charge is 0.303 e. The topological polar surface area (TPSA) is 102 Å². The molecular weight excluding hydrogens is 406 g/mol. The van der Waals surface area contributed by atoms with Crippen molar-refractivity contribution in [1.82, 2.24) is 24.6 Å². The van der Waals surface area contributed by atoms with Crippen LogP contribution in [0.1, 0.15) is 41.6 Å². The Morgan fingerprint density at radius 1 is 1.12 bits per heavy atom. The Morgan fingerprint density at radius 2 is 2.00 bits per heavy atom. The molecule has 0 bridgehead atoms. The van der Waals surface area contributed by atoms with E-state index in [-0.39, 0.29) is 13.0 Å². The monoisotopic (exact) mass is 431 g/mol. The van der Waals surface area contributed by atoms with Gasteiger partial charge in [-0.3, -0.25) is 19.7 Å². The Hall–Kier alpha value is -3.65. The van der Waals surface area contributed by atoms with Gasteiger partial charge in [-0.15, -0.1) is 0 Å². The molecule has 0 aliphatic rings. The Labute approximate surface area is 185 Å². The third-order valence-electron chi connectivity index (χ3n) is 5.28. The lowest BCUT2D eigenvalue weighted by molar-refractivity contribution is -0.136. The number of carbonyl (C=O) groups is 1. The van der Waals surface area contributed by atoms with Crippen molar-refractivity contribution in [2.24, 2.45) is 0 Å². The van der Waals surface area contributed by atoms with E-state index in [4.69, 9.17) is 9.84 Å². The zero-order valence-electron chi connectivity index (χ0n) is 18.2. The van der Waals surface area contributed by atoms with Crippen LogP contribution < -0.4 is 0 Å². The van der Waals surface area contributed by atoms with Crippen LogP contribution in [0.4, 0.5) is 0 Å². The molecule has 4 heterocycles. The third kappa shape index (κ3) is 4.65. The molecule has 0 spiro atoms. The molecule has 1 N–H and O–H groups in total. The average molecular weight is 431 g/mol. The largest absolute Gasteiger partial charge is 0.481 e. The Balaban J connectivity index is 1.82. The van der Waals surface area contributed by atoms with Crippen LogP contribution in [-0.2, 0) is 35.6 Å². The highest BCUT2D eigenvalue weighted by atomic mass is 16.5. The van der Waals surface area contributed by atoms with Crippen molar-refractivity contribution in [2.45, 2.75) is 46.3 Å². The van der Waals surface area contributed by atoms with Crippen LogP contribution in [0.5, 0.6) is 0 Å². The number of nitrogens with zero attached hydrogens (tertiary/aromatic N) is 5. The fourth-order valence-electron chi connectivity index (χ4n) is 3.81. The summed E-state index contributed by atoms with van der Waals surface area (Å²) in [5, 5.41) is 14.2. The minimum Gasteiger partial charge on any atom is -0.481 e. The lowest BCUT2D eigenvalue weighted by atomic mass is 9.95. The van der Waals surface area contributed by atoms with Gasteiger partial charge in [0.2, 0.25) is 0 Å². The minimum absolute atomic E-state index is 0.00258. The van der Waals surface area contributed by atoms with Gasteiger partial charge in [-0.05, 0) is 49.1 Å². The second-order valence-electron chi connectivity index (χ2n) is 7.61. The van der Waals surface area contributed by atoms with E-state index in [1.807, 2.05) is 23.7 Å². The molecule has 0 saturated heterocycles. The number of carboxylic acids is 1. The van der Waals surface area contributed by atoms with Gasteiger partial charge >= 0.3 is 5.97 Å².